The number of benzene rings is 1. The van der Waals surface area contributed by atoms with E-state index in [0.29, 0.717) is 6.07 Å². The van der Waals surface area contributed by atoms with Crippen LogP contribution in [0.4, 0.5) is 17.6 Å². The molecule has 1 aromatic rings. The van der Waals surface area contributed by atoms with Crippen LogP contribution in [0.2, 0.25) is 0 Å². The number of nitrogens with zero attached hydrogens (tertiary/aromatic N) is 1. The minimum atomic E-state index is -4.73. The highest BCUT2D eigenvalue weighted by atomic mass is 32.2. The third kappa shape index (κ3) is 5.77. The fraction of sp³-hybridized carbons (Fsp3) is 0.667. The van der Waals surface area contributed by atoms with E-state index in [9.17, 15) is 26.4 Å². The van der Waals surface area contributed by atoms with Gasteiger partial charge in [0.05, 0.1) is 17.0 Å². The van der Waals surface area contributed by atoms with Crippen molar-refractivity contribution in [2.75, 3.05) is 13.6 Å². The van der Waals surface area contributed by atoms with Gasteiger partial charge in [-0.2, -0.15) is 13.2 Å². The van der Waals surface area contributed by atoms with Gasteiger partial charge in [0, 0.05) is 11.1 Å². The minimum absolute atomic E-state index is 0.0629. The van der Waals surface area contributed by atoms with Gasteiger partial charge in [-0.1, -0.05) is 6.07 Å². The highest BCUT2D eigenvalue weighted by Crippen LogP contribution is 2.45. The summed E-state index contributed by atoms with van der Waals surface area (Å²) in [6.45, 7) is 7.44. The zero-order valence-electron chi connectivity index (χ0n) is 18.4. The Morgan fingerprint density at radius 3 is 2.16 bits per heavy atom. The van der Waals surface area contributed by atoms with Crippen molar-refractivity contribution in [3.63, 3.8) is 0 Å². The van der Waals surface area contributed by atoms with E-state index < -0.39 is 42.6 Å². The number of likely N-dealkylation sites (N-methyl/N-ethyl adjacent to an activating group) is 1. The molecule has 0 aromatic heterocycles. The number of rotatable bonds is 5. The normalized spacial score (nSPS) is 25.5. The first-order valence-electron chi connectivity index (χ1n) is 10.0. The maximum absolute atomic E-state index is 15.6. The van der Waals surface area contributed by atoms with Crippen LogP contribution in [0.3, 0.4) is 0 Å². The molecule has 0 radical (unpaired) electrons. The SMILES string of the molecule is CN(CC(=O)NC(C)(C)C)C1(C)CCC(F)(S(=O)(=O)c2cccc(C(F)(F)F)c2)CC1. The summed E-state index contributed by atoms with van der Waals surface area (Å²) in [6, 6.07) is 3.18. The first-order chi connectivity index (χ1) is 13.9. The Kier molecular flexibility index (Phi) is 6.89. The zero-order valence-corrected chi connectivity index (χ0v) is 19.3. The Bertz CT molecular complexity index is 915. The molecule has 1 fully saturated rings. The van der Waals surface area contributed by atoms with E-state index in [0.717, 1.165) is 18.2 Å². The fourth-order valence-electron chi connectivity index (χ4n) is 3.73. The topological polar surface area (TPSA) is 66.5 Å². The van der Waals surface area contributed by atoms with Crippen LogP contribution < -0.4 is 5.32 Å². The molecule has 10 heteroatoms. The van der Waals surface area contributed by atoms with E-state index in [1.807, 2.05) is 27.7 Å². The molecule has 1 N–H and O–H groups in total. The molecule has 0 heterocycles. The first-order valence-corrected chi connectivity index (χ1v) is 11.5. The Morgan fingerprint density at radius 2 is 1.68 bits per heavy atom. The van der Waals surface area contributed by atoms with Crippen LogP contribution in [0.25, 0.3) is 0 Å². The smallest absolute Gasteiger partial charge is 0.350 e. The molecule has 1 aliphatic rings. The van der Waals surface area contributed by atoms with Crippen molar-refractivity contribution >= 4 is 15.7 Å². The van der Waals surface area contributed by atoms with Crippen LogP contribution in [0.15, 0.2) is 29.2 Å². The second kappa shape index (κ2) is 8.35. The van der Waals surface area contributed by atoms with Gasteiger partial charge >= 0.3 is 6.18 Å². The molecular formula is C21H30F4N2O3S. The Balaban J connectivity index is 2.16. The Morgan fingerprint density at radius 1 is 1.13 bits per heavy atom. The third-order valence-electron chi connectivity index (χ3n) is 5.84. The predicted octanol–water partition coefficient (Wildman–Crippen LogP) is 4.32. The lowest BCUT2D eigenvalue weighted by molar-refractivity contribution is -0.137. The molecule has 1 amide bonds. The summed E-state index contributed by atoms with van der Waals surface area (Å²) in [6.07, 6.45) is -5.18. The van der Waals surface area contributed by atoms with Gasteiger partial charge in [-0.15, -0.1) is 0 Å². The van der Waals surface area contributed by atoms with E-state index in [1.165, 1.54) is 0 Å². The number of nitrogens with one attached hydrogen (secondary N) is 1. The maximum Gasteiger partial charge on any atom is 0.416 e. The second-order valence-corrected chi connectivity index (χ2v) is 11.8. The molecule has 0 atom stereocenters. The van der Waals surface area contributed by atoms with Crippen molar-refractivity contribution in [1.29, 1.82) is 0 Å². The molecule has 0 unspecified atom stereocenters. The molecule has 1 saturated carbocycles. The van der Waals surface area contributed by atoms with Gasteiger partial charge in [0.2, 0.25) is 20.7 Å². The molecule has 2 rings (SSSR count). The van der Waals surface area contributed by atoms with Gasteiger partial charge in [0.15, 0.2) is 0 Å². The lowest BCUT2D eigenvalue weighted by Crippen LogP contribution is -2.55. The number of carbonyl (C=O) groups is 1. The van der Waals surface area contributed by atoms with Crippen LogP contribution in [-0.2, 0) is 20.8 Å². The van der Waals surface area contributed by atoms with Crippen LogP contribution in [-0.4, -0.2) is 48.9 Å². The summed E-state index contributed by atoms with van der Waals surface area (Å²) in [5.74, 6) is -0.204. The van der Waals surface area contributed by atoms with Crippen LogP contribution >= 0.6 is 0 Å². The van der Waals surface area contributed by atoms with Crippen molar-refractivity contribution in [2.45, 2.75) is 80.5 Å². The summed E-state index contributed by atoms with van der Waals surface area (Å²) >= 11 is 0. The van der Waals surface area contributed by atoms with Crippen molar-refractivity contribution < 1.29 is 30.8 Å². The highest BCUT2D eigenvalue weighted by Gasteiger charge is 2.51. The van der Waals surface area contributed by atoms with Gasteiger partial charge in [-0.3, -0.25) is 9.69 Å². The summed E-state index contributed by atoms with van der Waals surface area (Å²) in [4.78, 5) is 13.3. The number of halogens is 4. The molecular weight excluding hydrogens is 436 g/mol. The van der Waals surface area contributed by atoms with E-state index in [2.05, 4.69) is 5.32 Å². The summed E-state index contributed by atoms with van der Waals surface area (Å²) in [5.41, 5.74) is -2.16. The fourth-order valence-corrected chi connectivity index (χ4v) is 5.43. The zero-order chi connectivity index (χ0) is 23.9. The molecule has 31 heavy (non-hydrogen) atoms. The largest absolute Gasteiger partial charge is 0.416 e. The monoisotopic (exact) mass is 466 g/mol. The molecule has 0 saturated heterocycles. The molecule has 176 valence electrons. The van der Waals surface area contributed by atoms with Gasteiger partial charge in [-0.05, 0) is 78.6 Å². The molecule has 0 spiro atoms. The standard InChI is InChI=1S/C21H30F4N2O3S/c1-18(2,3)26-17(28)14-27(5)19(4)9-11-20(22,12-10-19)31(29,30)16-8-6-7-15(13-16)21(23,24)25/h6-8,13H,9-12,14H2,1-5H3,(H,26,28). The van der Waals surface area contributed by atoms with E-state index in [1.54, 1.807) is 11.9 Å². The van der Waals surface area contributed by atoms with Crippen molar-refractivity contribution in [3.05, 3.63) is 29.8 Å². The minimum Gasteiger partial charge on any atom is -0.350 e. The lowest BCUT2D eigenvalue weighted by Gasteiger charge is -2.45. The van der Waals surface area contributed by atoms with Gasteiger partial charge < -0.3 is 5.32 Å². The second-order valence-electron chi connectivity index (χ2n) is 9.56. The molecule has 5 nitrogen and oxygen atoms in total. The van der Waals surface area contributed by atoms with Crippen molar-refractivity contribution in [1.82, 2.24) is 10.2 Å². The third-order valence-corrected chi connectivity index (χ3v) is 8.09. The number of alkyl halides is 4. The average Bonchev–Trinajstić information content (AvgIpc) is 2.62. The predicted molar refractivity (Wildman–Crippen MR) is 110 cm³/mol. The Hall–Kier alpha value is -1.68. The molecule has 1 aromatic carbocycles. The van der Waals surface area contributed by atoms with Crippen LogP contribution in [0.5, 0.6) is 0 Å². The van der Waals surface area contributed by atoms with E-state index in [-0.39, 0.29) is 38.1 Å². The number of sulfone groups is 1. The van der Waals surface area contributed by atoms with Gasteiger partial charge in [-0.25, -0.2) is 12.8 Å². The first kappa shape index (κ1) is 25.6. The lowest BCUT2D eigenvalue weighted by atomic mass is 9.81. The van der Waals surface area contributed by atoms with Crippen LogP contribution in [0.1, 0.15) is 58.9 Å². The summed E-state index contributed by atoms with van der Waals surface area (Å²) < 4.78 is 80.2. The molecule has 1 aliphatic carbocycles. The number of hydrogen-bond donors (Lipinski definition) is 1. The average molecular weight is 467 g/mol. The van der Waals surface area contributed by atoms with Crippen molar-refractivity contribution in [3.8, 4) is 0 Å². The van der Waals surface area contributed by atoms with Gasteiger partial charge in [0.1, 0.15) is 0 Å². The number of hydrogen-bond acceptors (Lipinski definition) is 4. The Labute approximate surface area is 181 Å². The summed E-state index contributed by atoms with van der Waals surface area (Å²) in [5, 5.41) is 0.182. The van der Waals surface area contributed by atoms with E-state index in [4.69, 9.17) is 0 Å². The van der Waals surface area contributed by atoms with E-state index >= 15 is 4.39 Å². The van der Waals surface area contributed by atoms with Gasteiger partial charge in [0.25, 0.3) is 0 Å². The molecule has 0 aliphatic heterocycles. The number of amides is 1. The number of carbonyl (C=O) groups excluding carboxylic acids is 1. The molecule has 0 bridgehead atoms. The maximum atomic E-state index is 15.6. The van der Waals surface area contributed by atoms with Crippen LogP contribution in [0, 0.1) is 0 Å². The summed E-state index contributed by atoms with van der Waals surface area (Å²) in [7, 11) is -2.91. The highest BCUT2D eigenvalue weighted by molar-refractivity contribution is 7.92. The van der Waals surface area contributed by atoms with Crippen molar-refractivity contribution in [2.24, 2.45) is 0 Å². The quantitative estimate of drug-likeness (QED) is 0.657.